The van der Waals surface area contributed by atoms with Crippen molar-refractivity contribution in [1.82, 2.24) is 5.32 Å². The summed E-state index contributed by atoms with van der Waals surface area (Å²) in [6.45, 7) is 10.3. The van der Waals surface area contributed by atoms with Crippen LogP contribution in [-0.4, -0.2) is 24.1 Å². The molecule has 0 bridgehead atoms. The van der Waals surface area contributed by atoms with Crippen molar-refractivity contribution in [3.05, 3.63) is 12.7 Å². The molecule has 0 aromatic rings. The van der Waals surface area contributed by atoms with Crippen molar-refractivity contribution in [2.45, 2.75) is 25.0 Å². The van der Waals surface area contributed by atoms with Crippen LogP contribution in [0.3, 0.4) is 0 Å². The van der Waals surface area contributed by atoms with E-state index in [-0.39, 0.29) is 0 Å². The monoisotopic (exact) mass is 173 g/mol. The fourth-order valence-corrected chi connectivity index (χ4v) is 0.912. The molecule has 0 aromatic carbocycles. The molecule has 66 valence electrons. The Hall–Kier alpha value is 0.0500. The second-order valence-corrected chi connectivity index (χ2v) is 4.73. The summed E-state index contributed by atoms with van der Waals surface area (Å²) < 4.78 is 0.362. The lowest BCUT2D eigenvalue weighted by Gasteiger charge is -2.21. The Morgan fingerprint density at radius 1 is 1.55 bits per heavy atom. The zero-order valence-electron chi connectivity index (χ0n) is 7.81. The van der Waals surface area contributed by atoms with Crippen molar-refractivity contribution in [1.29, 1.82) is 0 Å². The SMILES string of the molecule is C=CCCNCC(C)(C)SC. The minimum absolute atomic E-state index is 0.362. The van der Waals surface area contributed by atoms with Crippen LogP contribution in [-0.2, 0) is 0 Å². The minimum Gasteiger partial charge on any atom is -0.315 e. The molecule has 0 aliphatic carbocycles. The second-order valence-electron chi connectivity index (χ2n) is 3.22. The van der Waals surface area contributed by atoms with Crippen LogP contribution >= 0.6 is 11.8 Å². The predicted octanol–water partition coefficient (Wildman–Crippen LogP) is 2.29. The van der Waals surface area contributed by atoms with Crippen molar-refractivity contribution in [2.75, 3.05) is 19.3 Å². The minimum atomic E-state index is 0.362. The van der Waals surface area contributed by atoms with E-state index >= 15 is 0 Å². The van der Waals surface area contributed by atoms with E-state index in [1.165, 1.54) is 0 Å². The van der Waals surface area contributed by atoms with E-state index in [4.69, 9.17) is 0 Å². The van der Waals surface area contributed by atoms with Crippen LogP contribution in [0.1, 0.15) is 20.3 Å². The summed E-state index contributed by atoms with van der Waals surface area (Å²) in [6.07, 6.45) is 5.15. The maximum Gasteiger partial charge on any atom is 0.0225 e. The van der Waals surface area contributed by atoms with Gasteiger partial charge >= 0.3 is 0 Å². The van der Waals surface area contributed by atoms with Crippen molar-refractivity contribution in [3.63, 3.8) is 0 Å². The van der Waals surface area contributed by atoms with Crippen LogP contribution in [0.5, 0.6) is 0 Å². The van der Waals surface area contributed by atoms with Crippen LogP contribution in [0, 0.1) is 0 Å². The molecule has 2 heteroatoms. The van der Waals surface area contributed by atoms with Gasteiger partial charge in [0.1, 0.15) is 0 Å². The summed E-state index contributed by atoms with van der Waals surface area (Å²) in [5.41, 5.74) is 0. The van der Waals surface area contributed by atoms with Crippen molar-refractivity contribution in [3.8, 4) is 0 Å². The Morgan fingerprint density at radius 3 is 2.64 bits per heavy atom. The fourth-order valence-electron chi connectivity index (χ4n) is 0.666. The molecule has 0 radical (unpaired) electrons. The molecule has 0 saturated heterocycles. The Morgan fingerprint density at radius 2 is 2.18 bits per heavy atom. The van der Waals surface area contributed by atoms with E-state index in [0.29, 0.717) is 4.75 Å². The molecule has 0 spiro atoms. The number of hydrogen-bond donors (Lipinski definition) is 1. The third-order valence-corrected chi connectivity index (χ3v) is 2.88. The van der Waals surface area contributed by atoms with E-state index < -0.39 is 0 Å². The van der Waals surface area contributed by atoms with Gasteiger partial charge in [-0.3, -0.25) is 0 Å². The first-order valence-corrected chi connectivity index (χ1v) is 5.21. The molecule has 0 fully saturated rings. The van der Waals surface area contributed by atoms with Gasteiger partial charge < -0.3 is 5.32 Å². The quantitative estimate of drug-likeness (QED) is 0.488. The van der Waals surface area contributed by atoms with Gasteiger partial charge in [0.25, 0.3) is 0 Å². The summed E-state index contributed by atoms with van der Waals surface area (Å²) in [7, 11) is 0. The highest BCUT2D eigenvalue weighted by Crippen LogP contribution is 2.19. The van der Waals surface area contributed by atoms with Gasteiger partial charge in [-0.05, 0) is 33.1 Å². The van der Waals surface area contributed by atoms with Crippen molar-refractivity contribution in [2.24, 2.45) is 0 Å². The van der Waals surface area contributed by atoms with Crippen LogP contribution in [0.2, 0.25) is 0 Å². The van der Waals surface area contributed by atoms with Crippen molar-refractivity contribution < 1.29 is 0 Å². The van der Waals surface area contributed by atoms with Gasteiger partial charge in [-0.25, -0.2) is 0 Å². The molecule has 0 heterocycles. The zero-order chi connectivity index (χ0) is 8.74. The van der Waals surface area contributed by atoms with Gasteiger partial charge in [0.05, 0.1) is 0 Å². The standard InChI is InChI=1S/C9H19NS/c1-5-6-7-10-8-9(2,3)11-4/h5,10H,1,6-8H2,2-4H3. The predicted molar refractivity (Wildman–Crippen MR) is 55.3 cm³/mol. The van der Waals surface area contributed by atoms with E-state index in [0.717, 1.165) is 19.5 Å². The van der Waals surface area contributed by atoms with Crippen LogP contribution in [0.4, 0.5) is 0 Å². The van der Waals surface area contributed by atoms with E-state index in [9.17, 15) is 0 Å². The molecule has 0 amide bonds. The molecule has 11 heavy (non-hydrogen) atoms. The third-order valence-electron chi connectivity index (χ3n) is 1.63. The first-order chi connectivity index (χ1) is 5.12. The number of rotatable bonds is 6. The van der Waals surface area contributed by atoms with E-state index in [1.54, 1.807) is 0 Å². The van der Waals surface area contributed by atoms with Gasteiger partial charge in [0, 0.05) is 11.3 Å². The molecule has 0 aliphatic heterocycles. The zero-order valence-corrected chi connectivity index (χ0v) is 8.63. The molecule has 1 N–H and O–H groups in total. The second kappa shape index (κ2) is 5.67. The van der Waals surface area contributed by atoms with Gasteiger partial charge in [0.15, 0.2) is 0 Å². The Kier molecular flexibility index (Phi) is 5.69. The topological polar surface area (TPSA) is 12.0 Å². The molecule has 1 nitrogen and oxygen atoms in total. The maximum atomic E-state index is 3.67. The molecular formula is C9H19NS. The van der Waals surface area contributed by atoms with E-state index in [1.807, 2.05) is 17.8 Å². The molecule has 0 atom stereocenters. The van der Waals surface area contributed by atoms with Gasteiger partial charge in [-0.15, -0.1) is 6.58 Å². The number of thioether (sulfide) groups is 1. The lowest BCUT2D eigenvalue weighted by molar-refractivity contribution is 0.595. The van der Waals surface area contributed by atoms with Crippen molar-refractivity contribution >= 4 is 11.8 Å². The summed E-state index contributed by atoms with van der Waals surface area (Å²) in [6, 6.07) is 0. The molecular weight excluding hydrogens is 154 g/mol. The summed E-state index contributed by atoms with van der Waals surface area (Å²) in [5, 5.41) is 3.39. The number of nitrogens with one attached hydrogen (secondary N) is 1. The Bertz CT molecular complexity index is 110. The van der Waals surface area contributed by atoms with Crippen LogP contribution in [0.25, 0.3) is 0 Å². The smallest absolute Gasteiger partial charge is 0.0225 e. The first kappa shape index (κ1) is 11.1. The highest BCUT2D eigenvalue weighted by atomic mass is 32.2. The highest BCUT2D eigenvalue weighted by molar-refractivity contribution is 7.99. The van der Waals surface area contributed by atoms with Gasteiger partial charge in [0.2, 0.25) is 0 Å². The maximum absolute atomic E-state index is 3.67. The molecule has 0 unspecified atom stereocenters. The van der Waals surface area contributed by atoms with Crippen LogP contribution < -0.4 is 5.32 Å². The summed E-state index contributed by atoms with van der Waals surface area (Å²) >= 11 is 1.90. The largest absolute Gasteiger partial charge is 0.315 e. The average molecular weight is 173 g/mol. The summed E-state index contributed by atoms with van der Waals surface area (Å²) in [4.78, 5) is 0. The summed E-state index contributed by atoms with van der Waals surface area (Å²) in [5.74, 6) is 0. The molecule has 0 aliphatic rings. The average Bonchev–Trinajstić information content (AvgIpc) is 1.99. The normalized spacial score (nSPS) is 11.5. The molecule has 0 aromatic heterocycles. The lowest BCUT2D eigenvalue weighted by atomic mass is 10.2. The third kappa shape index (κ3) is 6.45. The molecule has 0 saturated carbocycles. The van der Waals surface area contributed by atoms with Gasteiger partial charge in [-0.2, -0.15) is 11.8 Å². The first-order valence-electron chi connectivity index (χ1n) is 3.99. The number of hydrogen-bond acceptors (Lipinski definition) is 2. The van der Waals surface area contributed by atoms with Gasteiger partial charge in [-0.1, -0.05) is 6.08 Å². The Labute approximate surface area is 74.6 Å². The lowest BCUT2D eigenvalue weighted by Crippen LogP contribution is -2.32. The highest BCUT2D eigenvalue weighted by Gasteiger charge is 2.13. The molecule has 0 rings (SSSR count). The van der Waals surface area contributed by atoms with E-state index in [2.05, 4.69) is 32.0 Å². The Balaban J connectivity index is 3.29. The fraction of sp³-hybridized carbons (Fsp3) is 0.778. The van der Waals surface area contributed by atoms with Crippen LogP contribution in [0.15, 0.2) is 12.7 Å².